The molecule has 4 heteroatoms. The van der Waals surface area contributed by atoms with Gasteiger partial charge in [-0.05, 0) is 19.3 Å². The number of ether oxygens (including phenoxy) is 1. The van der Waals surface area contributed by atoms with Crippen LogP contribution in [-0.2, 0) is 9.53 Å². The Kier molecular flexibility index (Phi) is 3.59. The maximum Gasteiger partial charge on any atom is 0.224 e. The Bertz CT molecular complexity index is 223. The van der Waals surface area contributed by atoms with Crippen LogP contribution in [0, 0.1) is 5.92 Å². The number of amides is 1. The minimum Gasteiger partial charge on any atom is -0.381 e. The molecule has 1 aliphatic heterocycles. The summed E-state index contributed by atoms with van der Waals surface area (Å²) in [7, 11) is 0. The van der Waals surface area contributed by atoms with Crippen molar-refractivity contribution in [1.82, 2.24) is 4.90 Å². The van der Waals surface area contributed by atoms with Crippen LogP contribution in [0.3, 0.4) is 0 Å². The molecule has 0 bridgehead atoms. The second-order valence-electron chi connectivity index (χ2n) is 4.55. The van der Waals surface area contributed by atoms with E-state index in [0.717, 1.165) is 26.2 Å². The van der Waals surface area contributed by atoms with Gasteiger partial charge in [0.2, 0.25) is 5.91 Å². The molecule has 1 saturated carbocycles. The van der Waals surface area contributed by atoms with Crippen molar-refractivity contribution < 1.29 is 9.53 Å². The molecule has 15 heavy (non-hydrogen) atoms. The second kappa shape index (κ2) is 4.94. The van der Waals surface area contributed by atoms with Gasteiger partial charge in [-0.15, -0.1) is 0 Å². The summed E-state index contributed by atoms with van der Waals surface area (Å²) in [5.74, 6) is 0.777. The third-order valence-corrected chi connectivity index (χ3v) is 3.15. The van der Waals surface area contributed by atoms with Crippen LogP contribution in [0.2, 0.25) is 0 Å². The van der Waals surface area contributed by atoms with Crippen molar-refractivity contribution in [1.29, 1.82) is 0 Å². The Morgan fingerprint density at radius 2 is 2.20 bits per heavy atom. The Balaban J connectivity index is 1.84. The highest BCUT2D eigenvalue weighted by molar-refractivity contribution is 5.77. The van der Waals surface area contributed by atoms with Crippen LogP contribution in [0.1, 0.15) is 25.7 Å². The molecule has 1 saturated heterocycles. The van der Waals surface area contributed by atoms with E-state index in [1.807, 2.05) is 4.90 Å². The summed E-state index contributed by atoms with van der Waals surface area (Å²) in [5, 5.41) is 0. The molecule has 2 aliphatic rings. The summed E-state index contributed by atoms with van der Waals surface area (Å²) in [6.07, 6.45) is 3.93. The van der Waals surface area contributed by atoms with Crippen molar-refractivity contribution in [2.45, 2.75) is 31.7 Å². The van der Waals surface area contributed by atoms with E-state index in [0.29, 0.717) is 24.9 Å². The molecule has 86 valence electrons. The van der Waals surface area contributed by atoms with Gasteiger partial charge < -0.3 is 15.4 Å². The first-order chi connectivity index (χ1) is 7.31. The maximum absolute atomic E-state index is 11.8. The van der Waals surface area contributed by atoms with Crippen LogP contribution < -0.4 is 5.73 Å². The van der Waals surface area contributed by atoms with Crippen molar-refractivity contribution in [3.63, 3.8) is 0 Å². The van der Waals surface area contributed by atoms with Gasteiger partial charge in [-0.3, -0.25) is 4.79 Å². The molecular weight excluding hydrogens is 192 g/mol. The minimum absolute atomic E-state index is 0.229. The van der Waals surface area contributed by atoms with Gasteiger partial charge in [0.1, 0.15) is 0 Å². The fraction of sp³-hybridized carbons (Fsp3) is 0.909. The zero-order valence-electron chi connectivity index (χ0n) is 9.15. The second-order valence-corrected chi connectivity index (χ2v) is 4.55. The van der Waals surface area contributed by atoms with E-state index in [1.54, 1.807) is 0 Å². The first-order valence-electron chi connectivity index (χ1n) is 5.88. The highest BCUT2D eigenvalue weighted by Gasteiger charge is 2.34. The number of carbonyl (C=O) groups is 1. The first-order valence-corrected chi connectivity index (χ1v) is 5.88. The zero-order valence-corrected chi connectivity index (χ0v) is 9.15. The molecule has 1 atom stereocenters. The van der Waals surface area contributed by atoms with Gasteiger partial charge in [-0.2, -0.15) is 0 Å². The standard InChI is InChI=1S/C11H20N2O2/c12-5-3-11(14)13(10-1-2-10)7-9-4-6-15-8-9/h9-10H,1-8,12H2. The fourth-order valence-electron chi connectivity index (χ4n) is 2.11. The topological polar surface area (TPSA) is 55.6 Å². The van der Waals surface area contributed by atoms with Crippen LogP contribution in [0.25, 0.3) is 0 Å². The van der Waals surface area contributed by atoms with Crippen LogP contribution >= 0.6 is 0 Å². The largest absolute Gasteiger partial charge is 0.381 e. The number of nitrogens with zero attached hydrogens (tertiary/aromatic N) is 1. The Labute approximate surface area is 90.8 Å². The van der Waals surface area contributed by atoms with E-state index in [1.165, 1.54) is 12.8 Å². The van der Waals surface area contributed by atoms with Gasteiger partial charge in [0, 0.05) is 38.1 Å². The molecule has 4 nitrogen and oxygen atoms in total. The molecule has 2 N–H and O–H groups in total. The van der Waals surface area contributed by atoms with Gasteiger partial charge in [0.15, 0.2) is 0 Å². The van der Waals surface area contributed by atoms with Gasteiger partial charge in [0.05, 0.1) is 6.61 Å². The van der Waals surface area contributed by atoms with Gasteiger partial charge in [0.25, 0.3) is 0 Å². The smallest absolute Gasteiger partial charge is 0.224 e. The van der Waals surface area contributed by atoms with Crippen LogP contribution in [0.15, 0.2) is 0 Å². The van der Waals surface area contributed by atoms with Gasteiger partial charge >= 0.3 is 0 Å². The summed E-state index contributed by atoms with van der Waals surface area (Å²) in [4.78, 5) is 13.9. The lowest BCUT2D eigenvalue weighted by Crippen LogP contribution is -2.38. The monoisotopic (exact) mass is 212 g/mol. The Morgan fingerprint density at radius 1 is 1.40 bits per heavy atom. The molecule has 0 radical (unpaired) electrons. The quantitative estimate of drug-likeness (QED) is 0.716. The summed E-state index contributed by atoms with van der Waals surface area (Å²) < 4.78 is 5.34. The van der Waals surface area contributed by atoms with Crippen LogP contribution in [-0.4, -0.2) is 43.2 Å². The molecule has 2 rings (SSSR count). The molecule has 0 spiro atoms. The predicted octanol–water partition coefficient (Wildman–Crippen LogP) is 0.363. The van der Waals surface area contributed by atoms with E-state index in [9.17, 15) is 4.79 Å². The lowest BCUT2D eigenvalue weighted by atomic mass is 10.1. The Hall–Kier alpha value is -0.610. The van der Waals surface area contributed by atoms with Crippen molar-refractivity contribution >= 4 is 5.91 Å². The summed E-state index contributed by atoms with van der Waals surface area (Å²) >= 11 is 0. The number of nitrogens with two attached hydrogens (primary N) is 1. The lowest BCUT2D eigenvalue weighted by Gasteiger charge is -2.25. The average Bonchev–Trinajstić information content (AvgIpc) is 2.93. The summed E-state index contributed by atoms with van der Waals surface area (Å²) in [6.45, 7) is 3.01. The number of hydrogen-bond donors (Lipinski definition) is 1. The number of rotatable bonds is 5. The first kappa shape index (κ1) is 10.9. The summed E-state index contributed by atoms with van der Waals surface area (Å²) in [6, 6.07) is 0.504. The van der Waals surface area contributed by atoms with Gasteiger partial charge in [-0.1, -0.05) is 0 Å². The van der Waals surface area contributed by atoms with Gasteiger partial charge in [-0.25, -0.2) is 0 Å². The van der Waals surface area contributed by atoms with Crippen molar-refractivity contribution in [3.8, 4) is 0 Å². The van der Waals surface area contributed by atoms with Crippen molar-refractivity contribution in [2.75, 3.05) is 26.3 Å². The third-order valence-electron chi connectivity index (χ3n) is 3.15. The third kappa shape index (κ3) is 2.92. The van der Waals surface area contributed by atoms with E-state index < -0.39 is 0 Å². The van der Waals surface area contributed by atoms with Crippen molar-refractivity contribution in [3.05, 3.63) is 0 Å². The molecule has 1 amide bonds. The highest BCUT2D eigenvalue weighted by atomic mass is 16.5. The molecule has 1 aliphatic carbocycles. The van der Waals surface area contributed by atoms with E-state index >= 15 is 0 Å². The van der Waals surface area contributed by atoms with E-state index in [4.69, 9.17) is 10.5 Å². The van der Waals surface area contributed by atoms with Crippen molar-refractivity contribution in [2.24, 2.45) is 11.7 Å². The maximum atomic E-state index is 11.8. The highest BCUT2D eigenvalue weighted by Crippen LogP contribution is 2.29. The minimum atomic E-state index is 0.229. The van der Waals surface area contributed by atoms with E-state index in [2.05, 4.69) is 0 Å². The molecule has 0 aromatic heterocycles. The molecular formula is C11H20N2O2. The fourth-order valence-corrected chi connectivity index (χ4v) is 2.11. The van der Waals surface area contributed by atoms with E-state index in [-0.39, 0.29) is 5.91 Å². The van der Waals surface area contributed by atoms with Crippen LogP contribution in [0.4, 0.5) is 0 Å². The lowest BCUT2D eigenvalue weighted by molar-refractivity contribution is -0.132. The molecule has 1 heterocycles. The molecule has 1 unspecified atom stereocenters. The SMILES string of the molecule is NCCC(=O)N(CC1CCOC1)C1CC1. The normalized spacial score (nSPS) is 25.5. The number of hydrogen-bond acceptors (Lipinski definition) is 3. The summed E-state index contributed by atoms with van der Waals surface area (Å²) in [5.41, 5.74) is 5.42. The predicted molar refractivity (Wildman–Crippen MR) is 57.3 cm³/mol. The molecule has 0 aromatic rings. The molecule has 2 fully saturated rings. The van der Waals surface area contributed by atoms with Crippen LogP contribution in [0.5, 0.6) is 0 Å². The number of carbonyl (C=O) groups excluding carboxylic acids is 1. The molecule has 0 aromatic carbocycles. The average molecular weight is 212 g/mol. The Morgan fingerprint density at radius 3 is 2.73 bits per heavy atom. The zero-order chi connectivity index (χ0) is 10.7.